The van der Waals surface area contributed by atoms with Crippen molar-refractivity contribution < 1.29 is 4.52 Å². The zero-order valence-corrected chi connectivity index (χ0v) is 17.8. The Morgan fingerprint density at radius 1 is 1.24 bits per heavy atom. The summed E-state index contributed by atoms with van der Waals surface area (Å²) in [5.41, 5.74) is 0.891. The van der Waals surface area contributed by atoms with Gasteiger partial charge < -0.3 is 20.1 Å². The molecule has 2 aliphatic rings. The van der Waals surface area contributed by atoms with Crippen molar-refractivity contribution in [3.05, 3.63) is 35.2 Å². The van der Waals surface area contributed by atoms with Crippen LogP contribution in [0.3, 0.4) is 0 Å². The molecule has 2 aliphatic heterocycles. The van der Waals surface area contributed by atoms with E-state index in [1.54, 1.807) is 0 Å². The number of guanidine groups is 1. The molecule has 2 bridgehead atoms. The highest BCUT2D eigenvalue weighted by Crippen LogP contribution is 2.32. The number of halogens is 1. The van der Waals surface area contributed by atoms with Crippen molar-refractivity contribution in [1.82, 2.24) is 25.7 Å². The molecule has 0 amide bonds. The highest BCUT2D eigenvalue weighted by Gasteiger charge is 2.36. The van der Waals surface area contributed by atoms with Crippen LogP contribution in [0.15, 0.2) is 33.8 Å². The van der Waals surface area contributed by atoms with E-state index >= 15 is 0 Å². The lowest BCUT2D eigenvalue weighted by Crippen LogP contribution is -2.56. The van der Waals surface area contributed by atoms with Crippen molar-refractivity contribution >= 4 is 17.6 Å². The number of nitrogens with one attached hydrogen (secondary N) is 2. The van der Waals surface area contributed by atoms with Gasteiger partial charge in [0.1, 0.15) is 0 Å². The Kier molecular flexibility index (Phi) is 6.35. The van der Waals surface area contributed by atoms with E-state index in [9.17, 15) is 0 Å². The normalized spacial score (nSPS) is 25.1. The second-order valence-corrected chi connectivity index (χ2v) is 8.42. The maximum atomic E-state index is 5.93. The number of fused-ring (bicyclic) bond motifs is 2. The largest absolute Gasteiger partial charge is 0.356 e. The van der Waals surface area contributed by atoms with Crippen LogP contribution in [0.5, 0.6) is 0 Å². The molecule has 29 heavy (non-hydrogen) atoms. The summed E-state index contributed by atoms with van der Waals surface area (Å²) in [5.74, 6) is 2.03. The summed E-state index contributed by atoms with van der Waals surface area (Å²) in [4.78, 5) is 11.4. The van der Waals surface area contributed by atoms with Gasteiger partial charge in [0.05, 0.1) is 0 Å². The van der Waals surface area contributed by atoms with Gasteiger partial charge in [0.15, 0.2) is 5.96 Å². The molecule has 1 aromatic carbocycles. The number of benzene rings is 1. The Labute approximate surface area is 176 Å². The van der Waals surface area contributed by atoms with Gasteiger partial charge in [-0.2, -0.15) is 4.98 Å². The van der Waals surface area contributed by atoms with E-state index in [-0.39, 0.29) is 0 Å². The quantitative estimate of drug-likeness (QED) is 0.576. The highest BCUT2D eigenvalue weighted by molar-refractivity contribution is 6.30. The van der Waals surface area contributed by atoms with Crippen LogP contribution < -0.4 is 10.6 Å². The second kappa shape index (κ2) is 9.13. The van der Waals surface area contributed by atoms with E-state index in [4.69, 9.17) is 16.1 Å². The fourth-order valence-electron chi connectivity index (χ4n) is 4.48. The monoisotopic (exact) mass is 416 g/mol. The minimum absolute atomic E-state index is 0.479. The summed E-state index contributed by atoms with van der Waals surface area (Å²) in [6.07, 6.45) is 6.99. The lowest BCUT2D eigenvalue weighted by Gasteiger charge is -2.47. The van der Waals surface area contributed by atoms with Gasteiger partial charge in [-0.05, 0) is 57.0 Å². The lowest BCUT2D eigenvalue weighted by molar-refractivity contribution is 0.0526. The van der Waals surface area contributed by atoms with E-state index in [1.165, 1.54) is 32.1 Å². The van der Waals surface area contributed by atoms with Crippen molar-refractivity contribution in [2.75, 3.05) is 20.6 Å². The number of aliphatic imine (C=N–C) groups is 1. The summed E-state index contributed by atoms with van der Waals surface area (Å²) in [5, 5.41) is 11.7. The van der Waals surface area contributed by atoms with Crippen LogP contribution in [0.2, 0.25) is 5.02 Å². The molecule has 0 spiro atoms. The molecule has 2 aromatic rings. The van der Waals surface area contributed by atoms with E-state index in [1.807, 2.05) is 31.3 Å². The van der Waals surface area contributed by atoms with Gasteiger partial charge in [0.2, 0.25) is 11.7 Å². The fraction of sp³-hybridized carbons (Fsp3) is 0.571. The molecule has 4 rings (SSSR count). The predicted octanol–water partition coefficient (Wildman–Crippen LogP) is 3.11. The zero-order chi connectivity index (χ0) is 20.2. The first-order chi connectivity index (χ1) is 14.1. The Bertz CT molecular complexity index is 822. The van der Waals surface area contributed by atoms with Crippen LogP contribution >= 0.6 is 11.6 Å². The van der Waals surface area contributed by atoms with Crippen molar-refractivity contribution in [1.29, 1.82) is 0 Å². The number of rotatable bonds is 5. The highest BCUT2D eigenvalue weighted by atomic mass is 35.5. The van der Waals surface area contributed by atoms with Crippen LogP contribution in [-0.4, -0.2) is 59.8 Å². The third-order valence-electron chi connectivity index (χ3n) is 6.11. The minimum atomic E-state index is 0.479. The Balaban J connectivity index is 1.26. The number of hydrogen-bond acceptors (Lipinski definition) is 5. The van der Waals surface area contributed by atoms with E-state index in [0.29, 0.717) is 47.8 Å². The van der Waals surface area contributed by atoms with Gasteiger partial charge in [-0.3, -0.25) is 4.99 Å². The zero-order valence-electron chi connectivity index (χ0n) is 17.1. The molecule has 2 N–H and O–H groups in total. The molecule has 0 aliphatic carbocycles. The standard InChI is InChI=1S/C21H29ClN6O/c1-23-21(25-16-12-17-4-3-5-18(13-16)28(17)2)24-11-10-19-26-20(27-29-19)14-6-8-15(22)9-7-14/h6-9,16-18H,3-5,10-13H2,1-2H3,(H2,23,24,25). The van der Waals surface area contributed by atoms with Crippen LogP contribution in [0, 0.1) is 0 Å². The van der Waals surface area contributed by atoms with Crippen LogP contribution in [0.4, 0.5) is 0 Å². The van der Waals surface area contributed by atoms with Crippen molar-refractivity contribution in [2.45, 2.75) is 56.7 Å². The number of aromatic nitrogens is 2. The van der Waals surface area contributed by atoms with Crippen molar-refractivity contribution in [3.63, 3.8) is 0 Å². The Hall–Kier alpha value is -2.12. The molecule has 2 unspecified atom stereocenters. The molecular weight excluding hydrogens is 388 g/mol. The first kappa shape index (κ1) is 20.2. The number of piperidine rings is 2. The molecule has 3 heterocycles. The number of nitrogens with zero attached hydrogens (tertiary/aromatic N) is 4. The molecule has 1 aromatic heterocycles. The summed E-state index contributed by atoms with van der Waals surface area (Å²) in [6, 6.07) is 9.29. The Morgan fingerprint density at radius 2 is 1.97 bits per heavy atom. The van der Waals surface area contributed by atoms with Crippen LogP contribution in [-0.2, 0) is 6.42 Å². The van der Waals surface area contributed by atoms with Gasteiger partial charge >= 0.3 is 0 Å². The summed E-state index contributed by atoms with van der Waals surface area (Å²) >= 11 is 5.93. The summed E-state index contributed by atoms with van der Waals surface area (Å²) < 4.78 is 5.38. The molecule has 0 radical (unpaired) electrons. The maximum Gasteiger partial charge on any atom is 0.228 e. The molecule has 2 fully saturated rings. The van der Waals surface area contributed by atoms with Crippen LogP contribution in [0.25, 0.3) is 11.4 Å². The number of hydrogen-bond donors (Lipinski definition) is 2. The van der Waals surface area contributed by atoms with E-state index in [2.05, 4.69) is 37.7 Å². The Morgan fingerprint density at radius 3 is 2.66 bits per heavy atom. The van der Waals surface area contributed by atoms with Crippen molar-refractivity contribution in [3.8, 4) is 11.4 Å². The molecule has 7 nitrogen and oxygen atoms in total. The summed E-state index contributed by atoms with van der Waals surface area (Å²) in [6.45, 7) is 0.682. The summed E-state index contributed by atoms with van der Waals surface area (Å²) in [7, 11) is 4.09. The van der Waals surface area contributed by atoms with Gasteiger partial charge in [0, 0.05) is 48.7 Å². The lowest BCUT2D eigenvalue weighted by atomic mass is 9.82. The topological polar surface area (TPSA) is 78.6 Å². The first-order valence-electron chi connectivity index (χ1n) is 10.4. The SMILES string of the molecule is CN=C(NCCc1nc(-c2ccc(Cl)cc2)no1)NC1CC2CCCC(C1)N2C. The van der Waals surface area contributed by atoms with Crippen LogP contribution in [0.1, 0.15) is 38.0 Å². The average molecular weight is 417 g/mol. The molecule has 0 saturated carbocycles. The average Bonchev–Trinajstić information content (AvgIpc) is 3.17. The molecule has 156 valence electrons. The minimum Gasteiger partial charge on any atom is -0.356 e. The molecule has 2 saturated heterocycles. The van der Waals surface area contributed by atoms with Gasteiger partial charge in [0.25, 0.3) is 0 Å². The first-order valence-corrected chi connectivity index (χ1v) is 10.8. The third-order valence-corrected chi connectivity index (χ3v) is 6.36. The van der Waals surface area contributed by atoms with Gasteiger partial charge in [-0.25, -0.2) is 0 Å². The maximum absolute atomic E-state index is 5.93. The van der Waals surface area contributed by atoms with E-state index in [0.717, 1.165) is 11.5 Å². The fourth-order valence-corrected chi connectivity index (χ4v) is 4.61. The smallest absolute Gasteiger partial charge is 0.228 e. The van der Waals surface area contributed by atoms with Gasteiger partial charge in [-0.1, -0.05) is 23.2 Å². The second-order valence-electron chi connectivity index (χ2n) is 7.98. The van der Waals surface area contributed by atoms with E-state index < -0.39 is 0 Å². The van der Waals surface area contributed by atoms with Gasteiger partial charge in [-0.15, -0.1) is 0 Å². The molecular formula is C21H29ClN6O. The predicted molar refractivity (Wildman–Crippen MR) is 115 cm³/mol. The molecule has 8 heteroatoms. The third kappa shape index (κ3) is 4.90. The van der Waals surface area contributed by atoms with Crippen molar-refractivity contribution in [2.24, 2.45) is 4.99 Å². The molecule has 2 atom stereocenters.